The van der Waals surface area contributed by atoms with Crippen molar-refractivity contribution in [2.45, 2.75) is 12.8 Å². The Morgan fingerprint density at radius 2 is 1.35 bits per heavy atom. The minimum absolute atomic E-state index is 1.03. The fourth-order valence-corrected chi connectivity index (χ4v) is 4.17. The van der Waals surface area contributed by atoms with Gasteiger partial charge in [0.1, 0.15) is 0 Å². The van der Waals surface area contributed by atoms with E-state index in [1.165, 1.54) is 35.0 Å². The number of aromatic amines is 3. The van der Waals surface area contributed by atoms with Gasteiger partial charge in [0.05, 0.1) is 29.1 Å². The molecule has 0 bridgehead atoms. The van der Waals surface area contributed by atoms with Crippen molar-refractivity contribution >= 4 is 38.5 Å². The molecule has 0 spiro atoms. The van der Waals surface area contributed by atoms with Gasteiger partial charge in [-0.25, -0.2) is 4.98 Å². The summed E-state index contributed by atoms with van der Waals surface area (Å²) in [5.41, 5.74) is 7.22. The first-order chi connectivity index (χ1) is 18.4. The number of imidazole rings is 1. The summed E-state index contributed by atoms with van der Waals surface area (Å²) in [6.07, 6.45) is 7.98. The molecule has 0 amide bonds. The van der Waals surface area contributed by atoms with Crippen molar-refractivity contribution in [2.75, 3.05) is 11.9 Å². The SMILES string of the molecule is c1ccc2[nH]ccc2c1.c1ccc2[nH]cnc2c1.c1ccc2[nH]ncc2c1.c1ccc2c(c1)CCCN2. The topological polar surface area (TPSA) is 85.2 Å². The Morgan fingerprint density at radius 3 is 2.16 bits per heavy atom. The lowest BCUT2D eigenvalue weighted by atomic mass is 10.0. The van der Waals surface area contributed by atoms with E-state index in [1.807, 2.05) is 73.1 Å². The summed E-state index contributed by atoms with van der Waals surface area (Å²) in [4.78, 5) is 10.2. The van der Waals surface area contributed by atoms with Gasteiger partial charge in [-0.05, 0) is 60.2 Å². The number of aromatic nitrogens is 5. The molecule has 0 saturated carbocycles. The van der Waals surface area contributed by atoms with Crippen LogP contribution in [0.15, 0.2) is 122 Å². The number of H-pyrrole nitrogens is 3. The Hall–Kier alpha value is -4.84. The van der Waals surface area contributed by atoms with Crippen LogP contribution in [-0.2, 0) is 6.42 Å². The number of hydrogen-bond donors (Lipinski definition) is 4. The highest BCUT2D eigenvalue weighted by Gasteiger charge is 2.04. The van der Waals surface area contributed by atoms with E-state index in [0.717, 1.165) is 28.5 Å². The smallest absolute Gasteiger partial charge is 0.0931 e. The van der Waals surface area contributed by atoms with E-state index in [9.17, 15) is 0 Å². The van der Waals surface area contributed by atoms with Crippen LogP contribution in [0.2, 0.25) is 0 Å². The fourth-order valence-electron chi connectivity index (χ4n) is 4.17. The molecule has 37 heavy (non-hydrogen) atoms. The minimum atomic E-state index is 1.03. The third kappa shape index (κ3) is 6.44. The molecule has 0 radical (unpaired) electrons. The van der Waals surface area contributed by atoms with E-state index >= 15 is 0 Å². The standard InChI is InChI=1S/C9H11N.C8H7N.2C7H6N2/c1-2-6-9-8(4-1)5-3-7-10-9;1-2-4-8-7(3-1)5-6-9-8;1-2-4-7-6(3-1)8-5-9-7;1-2-4-7-6(3-1)5-8-9-7/h1-2,4,6,10H,3,5,7H2;1-6,9H;2*1-5H,(H,8,9). The van der Waals surface area contributed by atoms with Crippen LogP contribution in [0.3, 0.4) is 0 Å². The predicted octanol–water partition coefficient (Wildman–Crippen LogP) is 7.34. The van der Waals surface area contributed by atoms with Crippen LogP contribution in [0.5, 0.6) is 0 Å². The van der Waals surface area contributed by atoms with Gasteiger partial charge in [-0.3, -0.25) is 5.10 Å². The van der Waals surface area contributed by atoms with Gasteiger partial charge >= 0.3 is 0 Å². The largest absolute Gasteiger partial charge is 0.385 e. The number of para-hydroxylation sites is 5. The second-order valence-electron chi connectivity index (χ2n) is 8.63. The van der Waals surface area contributed by atoms with E-state index in [4.69, 9.17) is 0 Å². The number of hydrogen-bond acceptors (Lipinski definition) is 3. The Bertz CT molecular complexity index is 1390. The Balaban J connectivity index is 0.000000101. The summed E-state index contributed by atoms with van der Waals surface area (Å²) in [7, 11) is 0. The molecule has 0 atom stereocenters. The monoisotopic (exact) mass is 486 g/mol. The van der Waals surface area contributed by atoms with E-state index in [1.54, 1.807) is 6.33 Å². The van der Waals surface area contributed by atoms with Crippen molar-refractivity contribution in [3.63, 3.8) is 0 Å². The first-order valence-electron chi connectivity index (χ1n) is 12.5. The highest BCUT2D eigenvalue weighted by Crippen LogP contribution is 2.20. The maximum atomic E-state index is 4.06. The molecule has 8 rings (SSSR count). The molecule has 0 aliphatic carbocycles. The van der Waals surface area contributed by atoms with Gasteiger partial charge in [0, 0.05) is 29.3 Å². The molecule has 4 heterocycles. The van der Waals surface area contributed by atoms with Crippen LogP contribution in [0.4, 0.5) is 5.69 Å². The van der Waals surface area contributed by atoms with Crippen LogP contribution in [0.25, 0.3) is 32.8 Å². The molecule has 184 valence electrons. The number of benzene rings is 4. The van der Waals surface area contributed by atoms with Crippen LogP contribution in [-0.4, -0.2) is 31.7 Å². The Kier molecular flexibility index (Phi) is 7.89. The zero-order chi connectivity index (χ0) is 25.1. The van der Waals surface area contributed by atoms with Crippen molar-refractivity contribution in [3.8, 4) is 0 Å². The van der Waals surface area contributed by atoms with E-state index in [0.29, 0.717) is 0 Å². The summed E-state index contributed by atoms with van der Waals surface area (Å²) >= 11 is 0. The summed E-state index contributed by atoms with van der Waals surface area (Å²) in [6, 6.07) is 34.8. The number of rotatable bonds is 0. The second-order valence-corrected chi connectivity index (χ2v) is 8.63. The van der Waals surface area contributed by atoms with Gasteiger partial charge in [-0.15, -0.1) is 0 Å². The number of anilines is 1. The number of nitrogens with zero attached hydrogens (tertiary/aromatic N) is 2. The third-order valence-corrected chi connectivity index (χ3v) is 6.10. The van der Waals surface area contributed by atoms with Crippen LogP contribution < -0.4 is 5.32 Å². The van der Waals surface area contributed by atoms with E-state index < -0.39 is 0 Å². The summed E-state index contributed by atoms with van der Waals surface area (Å²) in [5, 5.41) is 12.5. The van der Waals surface area contributed by atoms with Gasteiger partial charge in [0.2, 0.25) is 0 Å². The average molecular weight is 487 g/mol. The third-order valence-electron chi connectivity index (χ3n) is 6.10. The fraction of sp³-hybridized carbons (Fsp3) is 0.0968. The molecule has 4 aromatic carbocycles. The van der Waals surface area contributed by atoms with Crippen molar-refractivity contribution in [3.05, 3.63) is 127 Å². The maximum absolute atomic E-state index is 4.06. The van der Waals surface area contributed by atoms with Gasteiger partial charge in [-0.1, -0.05) is 66.7 Å². The molecule has 1 aliphatic rings. The van der Waals surface area contributed by atoms with Gasteiger partial charge in [-0.2, -0.15) is 5.10 Å². The summed E-state index contributed by atoms with van der Waals surface area (Å²) in [6.45, 7) is 1.14. The predicted molar refractivity (Wildman–Crippen MR) is 154 cm³/mol. The van der Waals surface area contributed by atoms with Gasteiger partial charge in [0.25, 0.3) is 0 Å². The molecule has 0 saturated heterocycles. The normalized spacial score (nSPS) is 11.7. The lowest BCUT2D eigenvalue weighted by Crippen LogP contribution is -2.10. The van der Waals surface area contributed by atoms with E-state index in [2.05, 4.69) is 72.9 Å². The Labute approximate surface area is 215 Å². The van der Waals surface area contributed by atoms with Gasteiger partial charge in [0.15, 0.2) is 0 Å². The molecule has 1 aliphatic heterocycles. The first kappa shape index (κ1) is 23.9. The zero-order valence-electron chi connectivity index (χ0n) is 20.6. The quantitative estimate of drug-likeness (QED) is 0.181. The van der Waals surface area contributed by atoms with Crippen molar-refractivity contribution < 1.29 is 0 Å². The van der Waals surface area contributed by atoms with Crippen LogP contribution >= 0.6 is 0 Å². The average Bonchev–Trinajstić information content (AvgIpc) is 3.75. The number of aryl methyl sites for hydroxylation is 1. The van der Waals surface area contributed by atoms with Crippen LogP contribution in [0.1, 0.15) is 12.0 Å². The summed E-state index contributed by atoms with van der Waals surface area (Å²) < 4.78 is 0. The molecule has 3 aromatic heterocycles. The highest BCUT2D eigenvalue weighted by atomic mass is 15.1. The summed E-state index contributed by atoms with van der Waals surface area (Å²) in [5.74, 6) is 0. The van der Waals surface area contributed by atoms with Crippen LogP contribution in [0, 0.1) is 0 Å². The molecular weight excluding hydrogens is 456 g/mol. The minimum Gasteiger partial charge on any atom is -0.385 e. The lowest BCUT2D eigenvalue weighted by Gasteiger charge is -2.16. The van der Waals surface area contributed by atoms with Crippen molar-refractivity contribution in [1.29, 1.82) is 0 Å². The zero-order valence-corrected chi connectivity index (χ0v) is 20.6. The molecule has 0 unspecified atom stereocenters. The molecule has 4 N–H and O–H groups in total. The molecular formula is C31H30N6. The molecule has 7 aromatic rings. The molecule has 6 nitrogen and oxygen atoms in total. The lowest BCUT2D eigenvalue weighted by molar-refractivity contribution is 0.830. The van der Waals surface area contributed by atoms with E-state index in [-0.39, 0.29) is 0 Å². The van der Waals surface area contributed by atoms with Gasteiger partial charge < -0.3 is 15.3 Å². The maximum Gasteiger partial charge on any atom is 0.0931 e. The molecule has 6 heteroatoms. The van der Waals surface area contributed by atoms with Crippen molar-refractivity contribution in [1.82, 2.24) is 25.1 Å². The number of nitrogens with one attached hydrogen (secondary N) is 4. The highest BCUT2D eigenvalue weighted by molar-refractivity contribution is 5.79. The Morgan fingerprint density at radius 1 is 0.622 bits per heavy atom. The van der Waals surface area contributed by atoms with Crippen molar-refractivity contribution in [2.24, 2.45) is 0 Å². The molecule has 0 fully saturated rings. The second kappa shape index (κ2) is 12.2. The number of fused-ring (bicyclic) bond motifs is 4. The first-order valence-corrected chi connectivity index (χ1v) is 12.5.